The molecule has 0 aromatic heterocycles. The second-order valence-electron chi connectivity index (χ2n) is 4.33. The Bertz CT molecular complexity index is 549. The van der Waals surface area contributed by atoms with Gasteiger partial charge in [-0.15, -0.1) is 0 Å². The van der Waals surface area contributed by atoms with E-state index >= 15 is 0 Å². The first kappa shape index (κ1) is 11.0. The number of fused-ring (bicyclic) bond motifs is 1. The summed E-state index contributed by atoms with van der Waals surface area (Å²) >= 11 is 0. The van der Waals surface area contributed by atoms with E-state index in [1.165, 1.54) is 0 Å². The van der Waals surface area contributed by atoms with E-state index in [1.807, 2.05) is 42.5 Å². The Hall–Kier alpha value is -2.16. The van der Waals surface area contributed by atoms with E-state index in [-0.39, 0.29) is 0 Å². The highest BCUT2D eigenvalue weighted by Crippen LogP contribution is 2.34. The van der Waals surface area contributed by atoms with Gasteiger partial charge in [0.25, 0.3) is 0 Å². The molecule has 3 rings (SSSR count). The van der Waals surface area contributed by atoms with Gasteiger partial charge in [-0.3, -0.25) is 0 Å². The van der Waals surface area contributed by atoms with Gasteiger partial charge in [-0.1, -0.05) is 18.2 Å². The minimum atomic E-state index is 0.707. The van der Waals surface area contributed by atoms with Crippen LogP contribution in [0.15, 0.2) is 42.5 Å². The minimum absolute atomic E-state index is 0.707. The second kappa shape index (κ2) is 4.61. The number of hydrogen-bond donors (Lipinski definition) is 1. The second-order valence-corrected chi connectivity index (χ2v) is 4.33. The summed E-state index contributed by atoms with van der Waals surface area (Å²) in [7, 11) is 0. The molecule has 2 N–H and O–H groups in total. The molecule has 1 aliphatic heterocycles. The molecule has 92 valence electrons. The fraction of sp³-hybridized carbons (Fsp3) is 0.200. The standard InChI is InChI=1S/C15H15NO2/c16-13-5-2-11(3-6-13)12-4-7-14-15(10-12)18-9-1-8-17-14/h2-7,10H,1,8-9,16H2. The summed E-state index contributed by atoms with van der Waals surface area (Å²) in [5.74, 6) is 1.65. The Morgan fingerprint density at radius 1 is 0.778 bits per heavy atom. The number of ether oxygens (including phenoxy) is 2. The molecule has 1 heterocycles. The van der Waals surface area contributed by atoms with Gasteiger partial charge in [0.1, 0.15) is 0 Å². The van der Waals surface area contributed by atoms with Crippen molar-refractivity contribution in [3.63, 3.8) is 0 Å². The van der Waals surface area contributed by atoms with Gasteiger partial charge in [0.2, 0.25) is 0 Å². The van der Waals surface area contributed by atoms with E-state index in [0.717, 1.165) is 34.7 Å². The number of anilines is 1. The fourth-order valence-electron chi connectivity index (χ4n) is 2.02. The van der Waals surface area contributed by atoms with Crippen LogP contribution in [0.2, 0.25) is 0 Å². The van der Waals surface area contributed by atoms with Gasteiger partial charge in [0.15, 0.2) is 11.5 Å². The number of rotatable bonds is 1. The van der Waals surface area contributed by atoms with Crippen molar-refractivity contribution in [3.05, 3.63) is 42.5 Å². The highest BCUT2D eigenvalue weighted by atomic mass is 16.5. The van der Waals surface area contributed by atoms with Crippen LogP contribution in [0.1, 0.15) is 6.42 Å². The molecular formula is C15H15NO2. The smallest absolute Gasteiger partial charge is 0.161 e. The predicted octanol–water partition coefficient (Wildman–Crippen LogP) is 3.10. The molecule has 0 aliphatic carbocycles. The largest absolute Gasteiger partial charge is 0.490 e. The molecular weight excluding hydrogens is 226 g/mol. The first-order chi connectivity index (χ1) is 8.83. The Kier molecular flexibility index (Phi) is 2.81. The summed E-state index contributed by atoms with van der Waals surface area (Å²) in [4.78, 5) is 0. The predicted molar refractivity (Wildman–Crippen MR) is 71.9 cm³/mol. The average molecular weight is 241 g/mol. The van der Waals surface area contributed by atoms with Crippen LogP contribution < -0.4 is 15.2 Å². The van der Waals surface area contributed by atoms with E-state index in [9.17, 15) is 0 Å². The Labute approximate surface area is 106 Å². The molecule has 0 radical (unpaired) electrons. The minimum Gasteiger partial charge on any atom is -0.490 e. The maximum absolute atomic E-state index is 5.69. The molecule has 3 heteroatoms. The molecule has 0 spiro atoms. The van der Waals surface area contributed by atoms with Crippen LogP contribution in [0.5, 0.6) is 11.5 Å². The zero-order valence-corrected chi connectivity index (χ0v) is 10.1. The summed E-state index contributed by atoms with van der Waals surface area (Å²) in [5.41, 5.74) is 8.70. The van der Waals surface area contributed by atoms with E-state index in [4.69, 9.17) is 15.2 Å². The molecule has 0 unspecified atom stereocenters. The highest BCUT2D eigenvalue weighted by Gasteiger charge is 2.11. The lowest BCUT2D eigenvalue weighted by atomic mass is 10.0. The van der Waals surface area contributed by atoms with Crippen molar-refractivity contribution in [2.45, 2.75) is 6.42 Å². The molecule has 0 fully saturated rings. The van der Waals surface area contributed by atoms with Gasteiger partial charge in [-0.05, 0) is 35.4 Å². The lowest BCUT2D eigenvalue weighted by Gasteiger charge is -2.09. The summed E-state index contributed by atoms with van der Waals surface area (Å²) in [6.07, 6.45) is 0.923. The van der Waals surface area contributed by atoms with E-state index in [0.29, 0.717) is 13.2 Å². The van der Waals surface area contributed by atoms with E-state index in [2.05, 4.69) is 0 Å². The molecule has 3 nitrogen and oxygen atoms in total. The number of hydrogen-bond acceptors (Lipinski definition) is 3. The van der Waals surface area contributed by atoms with Gasteiger partial charge >= 0.3 is 0 Å². The maximum Gasteiger partial charge on any atom is 0.161 e. The zero-order chi connectivity index (χ0) is 12.4. The van der Waals surface area contributed by atoms with Crippen LogP contribution in [0.3, 0.4) is 0 Å². The third kappa shape index (κ3) is 2.12. The molecule has 1 aliphatic rings. The summed E-state index contributed by atoms with van der Waals surface area (Å²) in [6.45, 7) is 1.42. The Balaban J connectivity index is 1.98. The van der Waals surface area contributed by atoms with Gasteiger partial charge in [0.05, 0.1) is 13.2 Å². The lowest BCUT2D eigenvalue weighted by molar-refractivity contribution is 0.297. The van der Waals surface area contributed by atoms with Crippen molar-refractivity contribution < 1.29 is 9.47 Å². The van der Waals surface area contributed by atoms with Crippen molar-refractivity contribution in [1.29, 1.82) is 0 Å². The molecule has 18 heavy (non-hydrogen) atoms. The summed E-state index contributed by atoms with van der Waals surface area (Å²) in [5, 5.41) is 0. The number of nitrogens with two attached hydrogens (primary N) is 1. The van der Waals surface area contributed by atoms with Gasteiger partial charge in [0, 0.05) is 12.1 Å². The van der Waals surface area contributed by atoms with Gasteiger partial charge in [-0.2, -0.15) is 0 Å². The van der Waals surface area contributed by atoms with Crippen LogP contribution in [0, 0.1) is 0 Å². The van der Waals surface area contributed by atoms with E-state index in [1.54, 1.807) is 0 Å². The fourth-order valence-corrected chi connectivity index (χ4v) is 2.02. The maximum atomic E-state index is 5.69. The van der Waals surface area contributed by atoms with Crippen molar-refractivity contribution in [1.82, 2.24) is 0 Å². The van der Waals surface area contributed by atoms with Crippen molar-refractivity contribution >= 4 is 5.69 Å². The topological polar surface area (TPSA) is 44.5 Å². The van der Waals surface area contributed by atoms with Crippen LogP contribution in [-0.2, 0) is 0 Å². The van der Waals surface area contributed by atoms with Crippen molar-refractivity contribution in [3.8, 4) is 22.6 Å². The highest BCUT2D eigenvalue weighted by molar-refractivity contribution is 5.68. The van der Waals surface area contributed by atoms with Crippen LogP contribution in [0.4, 0.5) is 5.69 Å². The molecule has 0 atom stereocenters. The van der Waals surface area contributed by atoms with Crippen molar-refractivity contribution in [2.75, 3.05) is 18.9 Å². The molecule has 0 saturated carbocycles. The van der Waals surface area contributed by atoms with Crippen LogP contribution in [-0.4, -0.2) is 13.2 Å². The molecule has 0 amide bonds. The SMILES string of the molecule is Nc1ccc(-c2ccc3c(c2)OCCCO3)cc1. The number of benzene rings is 2. The molecule has 2 aromatic rings. The number of nitrogen functional groups attached to an aromatic ring is 1. The zero-order valence-electron chi connectivity index (χ0n) is 10.1. The lowest BCUT2D eigenvalue weighted by Crippen LogP contribution is -1.97. The first-order valence-electron chi connectivity index (χ1n) is 6.08. The normalized spacial score (nSPS) is 14.0. The first-order valence-corrected chi connectivity index (χ1v) is 6.08. The van der Waals surface area contributed by atoms with Crippen molar-refractivity contribution in [2.24, 2.45) is 0 Å². The summed E-state index contributed by atoms with van der Waals surface area (Å²) < 4.78 is 11.3. The van der Waals surface area contributed by atoms with Crippen LogP contribution >= 0.6 is 0 Å². The third-order valence-electron chi connectivity index (χ3n) is 2.99. The molecule has 2 aromatic carbocycles. The molecule has 0 bridgehead atoms. The Morgan fingerprint density at radius 2 is 1.44 bits per heavy atom. The van der Waals surface area contributed by atoms with Crippen LogP contribution in [0.25, 0.3) is 11.1 Å². The van der Waals surface area contributed by atoms with Gasteiger partial charge in [-0.25, -0.2) is 0 Å². The summed E-state index contributed by atoms with van der Waals surface area (Å²) in [6, 6.07) is 13.8. The Morgan fingerprint density at radius 3 is 2.22 bits per heavy atom. The van der Waals surface area contributed by atoms with Gasteiger partial charge < -0.3 is 15.2 Å². The average Bonchev–Trinajstić information content (AvgIpc) is 2.64. The quantitative estimate of drug-likeness (QED) is 0.780. The van der Waals surface area contributed by atoms with E-state index < -0.39 is 0 Å². The molecule has 0 saturated heterocycles. The third-order valence-corrected chi connectivity index (χ3v) is 2.99. The monoisotopic (exact) mass is 241 g/mol.